The molecular weight excluding hydrogens is 262 g/mol. The van der Waals surface area contributed by atoms with Gasteiger partial charge in [-0.05, 0) is 26.8 Å². The number of likely N-dealkylation sites (N-methyl/N-ethyl adjacent to an activating group) is 1. The van der Waals surface area contributed by atoms with Gasteiger partial charge in [-0.1, -0.05) is 19.3 Å². The van der Waals surface area contributed by atoms with Crippen LogP contribution in [0.3, 0.4) is 0 Å². The summed E-state index contributed by atoms with van der Waals surface area (Å²) in [5.74, 6) is 2.95. The van der Waals surface area contributed by atoms with Crippen molar-refractivity contribution in [2.75, 3.05) is 43.4 Å². The highest BCUT2D eigenvalue weighted by atomic mass is 15.3. The van der Waals surface area contributed by atoms with Crippen LogP contribution < -0.4 is 10.2 Å². The van der Waals surface area contributed by atoms with Crippen LogP contribution in [0.25, 0.3) is 0 Å². The molecule has 21 heavy (non-hydrogen) atoms. The molecule has 5 nitrogen and oxygen atoms in total. The van der Waals surface area contributed by atoms with E-state index in [0.29, 0.717) is 6.04 Å². The largest absolute Gasteiger partial charge is 0.367 e. The minimum absolute atomic E-state index is 0.591. The maximum absolute atomic E-state index is 4.63. The summed E-state index contributed by atoms with van der Waals surface area (Å²) in [5, 5.41) is 3.62. The lowest BCUT2D eigenvalue weighted by molar-refractivity contribution is 0.312. The fraction of sp³-hybridized carbons (Fsp3) is 0.750. The standard InChI is InChI=1S/C16H27N5/c1-13-17-15(19-14-6-4-3-5-7-14)12-16(18-13)21-10-8-20(2)9-11-21/h12,14H,3-11H2,1-2H3,(H,17,18,19). The van der Waals surface area contributed by atoms with E-state index in [2.05, 4.69) is 38.2 Å². The number of rotatable bonds is 3. The first kappa shape index (κ1) is 14.6. The Balaban J connectivity index is 1.70. The van der Waals surface area contributed by atoms with Gasteiger partial charge in [-0.2, -0.15) is 0 Å². The quantitative estimate of drug-likeness (QED) is 0.925. The van der Waals surface area contributed by atoms with E-state index in [-0.39, 0.29) is 0 Å². The van der Waals surface area contributed by atoms with Crippen LogP contribution in [0.1, 0.15) is 37.9 Å². The molecule has 0 radical (unpaired) electrons. The van der Waals surface area contributed by atoms with Gasteiger partial charge in [0.1, 0.15) is 17.5 Å². The molecule has 1 saturated heterocycles. The summed E-state index contributed by atoms with van der Waals surface area (Å²) in [6.07, 6.45) is 6.60. The van der Waals surface area contributed by atoms with E-state index in [1.54, 1.807) is 0 Å². The van der Waals surface area contributed by atoms with E-state index >= 15 is 0 Å². The molecule has 3 rings (SSSR count). The first-order valence-corrected chi connectivity index (χ1v) is 8.26. The maximum Gasteiger partial charge on any atom is 0.134 e. The van der Waals surface area contributed by atoms with Crippen LogP contribution in [0.15, 0.2) is 6.07 Å². The Bertz CT molecular complexity index is 462. The molecule has 0 bridgehead atoms. The summed E-state index contributed by atoms with van der Waals surface area (Å²) in [5.41, 5.74) is 0. The average Bonchev–Trinajstić information content (AvgIpc) is 2.48. The lowest BCUT2D eigenvalue weighted by Gasteiger charge is -2.33. The van der Waals surface area contributed by atoms with Crippen molar-refractivity contribution in [3.63, 3.8) is 0 Å². The molecule has 1 aliphatic heterocycles. The van der Waals surface area contributed by atoms with E-state index in [1.165, 1.54) is 32.1 Å². The van der Waals surface area contributed by atoms with Crippen molar-refractivity contribution in [1.82, 2.24) is 14.9 Å². The maximum atomic E-state index is 4.63. The topological polar surface area (TPSA) is 44.3 Å². The third kappa shape index (κ3) is 3.84. The molecule has 0 spiro atoms. The lowest BCUT2D eigenvalue weighted by atomic mass is 9.95. The molecule has 2 aliphatic rings. The van der Waals surface area contributed by atoms with Gasteiger partial charge in [0.15, 0.2) is 0 Å². The van der Waals surface area contributed by atoms with Gasteiger partial charge in [0.05, 0.1) is 0 Å². The second kappa shape index (κ2) is 6.60. The van der Waals surface area contributed by atoms with Gasteiger partial charge in [0.2, 0.25) is 0 Å². The van der Waals surface area contributed by atoms with Crippen molar-refractivity contribution < 1.29 is 0 Å². The molecular formula is C16H27N5. The van der Waals surface area contributed by atoms with Gasteiger partial charge in [-0.3, -0.25) is 0 Å². The molecule has 0 amide bonds. The van der Waals surface area contributed by atoms with Crippen molar-refractivity contribution in [1.29, 1.82) is 0 Å². The Hall–Kier alpha value is -1.36. The van der Waals surface area contributed by atoms with Gasteiger partial charge < -0.3 is 15.1 Å². The zero-order valence-electron chi connectivity index (χ0n) is 13.3. The van der Waals surface area contributed by atoms with Crippen LogP contribution in [0.2, 0.25) is 0 Å². The van der Waals surface area contributed by atoms with E-state index in [9.17, 15) is 0 Å². The van der Waals surface area contributed by atoms with Crippen molar-refractivity contribution in [3.8, 4) is 0 Å². The predicted molar refractivity (Wildman–Crippen MR) is 87.0 cm³/mol. The Kier molecular flexibility index (Phi) is 4.58. The highest BCUT2D eigenvalue weighted by molar-refractivity contribution is 5.50. The number of piperazine rings is 1. The normalized spacial score (nSPS) is 21.5. The van der Waals surface area contributed by atoms with Crippen LogP contribution in [0.4, 0.5) is 11.6 Å². The second-order valence-corrected chi connectivity index (χ2v) is 6.43. The summed E-state index contributed by atoms with van der Waals surface area (Å²) in [6.45, 7) is 6.31. The molecule has 1 aromatic rings. The Morgan fingerprint density at radius 1 is 1.05 bits per heavy atom. The van der Waals surface area contributed by atoms with Gasteiger partial charge in [-0.25, -0.2) is 9.97 Å². The van der Waals surface area contributed by atoms with E-state index < -0.39 is 0 Å². The molecule has 1 aliphatic carbocycles. The second-order valence-electron chi connectivity index (χ2n) is 6.43. The molecule has 1 saturated carbocycles. The molecule has 0 atom stereocenters. The molecule has 2 fully saturated rings. The SMILES string of the molecule is Cc1nc(NC2CCCCC2)cc(N2CCN(C)CC2)n1. The number of aryl methyl sites for hydroxylation is 1. The molecule has 116 valence electrons. The van der Waals surface area contributed by atoms with Crippen molar-refractivity contribution >= 4 is 11.6 Å². The van der Waals surface area contributed by atoms with Gasteiger partial charge >= 0.3 is 0 Å². The Morgan fingerprint density at radius 2 is 1.76 bits per heavy atom. The first-order valence-electron chi connectivity index (χ1n) is 8.26. The Morgan fingerprint density at radius 3 is 2.48 bits per heavy atom. The summed E-state index contributed by atoms with van der Waals surface area (Å²) >= 11 is 0. The summed E-state index contributed by atoms with van der Waals surface area (Å²) < 4.78 is 0. The van der Waals surface area contributed by atoms with Crippen LogP contribution in [-0.2, 0) is 0 Å². The number of hydrogen-bond acceptors (Lipinski definition) is 5. The molecule has 1 aromatic heterocycles. The number of aromatic nitrogens is 2. The molecule has 5 heteroatoms. The molecule has 1 N–H and O–H groups in total. The van der Waals surface area contributed by atoms with Gasteiger partial charge in [-0.15, -0.1) is 0 Å². The molecule has 2 heterocycles. The van der Waals surface area contributed by atoms with Crippen LogP contribution in [0, 0.1) is 6.92 Å². The summed E-state index contributed by atoms with van der Waals surface area (Å²) in [6, 6.07) is 2.72. The van der Waals surface area contributed by atoms with Crippen LogP contribution in [-0.4, -0.2) is 54.1 Å². The monoisotopic (exact) mass is 289 g/mol. The average molecular weight is 289 g/mol. The third-order valence-electron chi connectivity index (χ3n) is 4.61. The van der Waals surface area contributed by atoms with Crippen LogP contribution >= 0.6 is 0 Å². The fourth-order valence-corrected chi connectivity index (χ4v) is 3.28. The summed E-state index contributed by atoms with van der Waals surface area (Å²) in [7, 11) is 2.18. The van der Waals surface area contributed by atoms with Gasteiger partial charge in [0, 0.05) is 38.3 Å². The molecule has 0 unspecified atom stereocenters. The van der Waals surface area contributed by atoms with Crippen molar-refractivity contribution in [2.24, 2.45) is 0 Å². The highest BCUT2D eigenvalue weighted by Crippen LogP contribution is 2.23. The van der Waals surface area contributed by atoms with Gasteiger partial charge in [0.25, 0.3) is 0 Å². The minimum Gasteiger partial charge on any atom is -0.367 e. The third-order valence-corrected chi connectivity index (χ3v) is 4.61. The smallest absolute Gasteiger partial charge is 0.134 e. The minimum atomic E-state index is 0.591. The van der Waals surface area contributed by atoms with Crippen molar-refractivity contribution in [3.05, 3.63) is 11.9 Å². The predicted octanol–water partition coefficient (Wildman–Crippen LogP) is 2.28. The zero-order valence-corrected chi connectivity index (χ0v) is 13.3. The fourth-order valence-electron chi connectivity index (χ4n) is 3.28. The zero-order chi connectivity index (χ0) is 14.7. The number of nitrogens with one attached hydrogen (secondary N) is 1. The Labute approximate surface area is 127 Å². The van der Waals surface area contributed by atoms with E-state index in [0.717, 1.165) is 43.6 Å². The molecule has 0 aromatic carbocycles. The number of anilines is 2. The summed E-state index contributed by atoms with van der Waals surface area (Å²) in [4.78, 5) is 14.0. The number of hydrogen-bond donors (Lipinski definition) is 1. The van der Waals surface area contributed by atoms with Crippen molar-refractivity contribution in [2.45, 2.75) is 45.1 Å². The first-order chi connectivity index (χ1) is 10.2. The lowest BCUT2D eigenvalue weighted by Crippen LogP contribution is -2.44. The van der Waals surface area contributed by atoms with E-state index in [4.69, 9.17) is 0 Å². The number of nitrogens with zero attached hydrogens (tertiary/aromatic N) is 4. The van der Waals surface area contributed by atoms with Crippen LogP contribution in [0.5, 0.6) is 0 Å². The van der Waals surface area contributed by atoms with E-state index in [1.807, 2.05) is 6.92 Å². The highest BCUT2D eigenvalue weighted by Gasteiger charge is 2.18.